The van der Waals surface area contributed by atoms with Crippen molar-refractivity contribution in [1.82, 2.24) is 0 Å². The zero-order valence-electron chi connectivity index (χ0n) is 8.04. The summed E-state index contributed by atoms with van der Waals surface area (Å²) < 4.78 is 0.362. The first kappa shape index (κ1) is 10.7. The third kappa shape index (κ3) is 1.30. The molecule has 0 aliphatic heterocycles. The summed E-state index contributed by atoms with van der Waals surface area (Å²) >= 11 is 3.11. The Balaban J connectivity index is 2.90. The summed E-state index contributed by atoms with van der Waals surface area (Å²) in [6.07, 6.45) is 1.20. The van der Waals surface area contributed by atoms with E-state index in [-0.39, 0.29) is 34.0 Å². The van der Waals surface area contributed by atoms with Gasteiger partial charge in [0.1, 0.15) is 11.5 Å². The number of halogens is 1. The lowest BCUT2D eigenvalue weighted by molar-refractivity contribution is 0.106. The van der Waals surface area contributed by atoms with Crippen molar-refractivity contribution in [2.24, 2.45) is 5.73 Å². The Morgan fingerprint density at radius 1 is 1.31 bits per heavy atom. The van der Waals surface area contributed by atoms with Crippen LogP contribution < -0.4 is 11.5 Å². The molecule has 0 fully saturated rings. The van der Waals surface area contributed by atoms with Crippen LogP contribution >= 0.6 is 15.9 Å². The number of allylic oxidation sites excluding steroid dienone is 1. The van der Waals surface area contributed by atoms with Gasteiger partial charge in [-0.05, 0) is 28.1 Å². The van der Waals surface area contributed by atoms with E-state index in [1.807, 2.05) is 0 Å². The third-order valence-corrected chi connectivity index (χ3v) is 2.95. The summed E-state index contributed by atoms with van der Waals surface area (Å²) in [6.45, 7) is 0. The molecule has 16 heavy (non-hydrogen) atoms. The van der Waals surface area contributed by atoms with Gasteiger partial charge in [-0.1, -0.05) is 0 Å². The van der Waals surface area contributed by atoms with Gasteiger partial charge in [0, 0.05) is 11.4 Å². The van der Waals surface area contributed by atoms with Crippen LogP contribution in [-0.4, -0.2) is 16.6 Å². The maximum atomic E-state index is 11.7. The number of nitrogens with two attached hydrogens (primary N) is 2. The van der Waals surface area contributed by atoms with E-state index in [0.29, 0.717) is 4.47 Å². The Kier molecular flexibility index (Phi) is 2.23. The van der Waals surface area contributed by atoms with Crippen molar-refractivity contribution >= 4 is 38.8 Å². The summed E-state index contributed by atoms with van der Waals surface area (Å²) in [6, 6.07) is 1.41. The fourth-order valence-corrected chi connectivity index (χ4v) is 2.06. The molecule has 6 N–H and O–H groups in total. The van der Waals surface area contributed by atoms with Crippen LogP contribution in [0.15, 0.2) is 16.6 Å². The van der Waals surface area contributed by atoms with E-state index in [1.165, 1.54) is 12.1 Å². The van der Waals surface area contributed by atoms with E-state index in [2.05, 4.69) is 15.9 Å². The van der Waals surface area contributed by atoms with Crippen LogP contribution in [-0.2, 0) is 0 Å². The Hall–Kier alpha value is -1.82. The van der Waals surface area contributed by atoms with Gasteiger partial charge in [0.2, 0.25) is 5.78 Å². The highest BCUT2D eigenvalue weighted by Crippen LogP contribution is 2.39. The van der Waals surface area contributed by atoms with Crippen LogP contribution in [0.3, 0.4) is 0 Å². The molecule has 1 aliphatic carbocycles. The average molecular weight is 282 g/mol. The monoisotopic (exact) mass is 281 g/mol. The van der Waals surface area contributed by atoms with Gasteiger partial charge in [-0.2, -0.15) is 0 Å². The second-order valence-electron chi connectivity index (χ2n) is 3.39. The fraction of sp³-hybridized carbons (Fsp3) is 0. The van der Waals surface area contributed by atoms with Crippen molar-refractivity contribution < 1.29 is 9.90 Å². The molecule has 0 radical (unpaired) electrons. The largest absolute Gasteiger partial charge is 0.506 e. The molecule has 0 amide bonds. The highest BCUT2D eigenvalue weighted by molar-refractivity contribution is 9.10. The standard InChI is InChI=1S/C10H8BrN3O2/c11-3-1-4(12)8-7(9(3)15)5(13)2-6(14)10(8)16/h1-2,14-15H,12-13H2. The number of aromatic hydroxyl groups is 1. The van der Waals surface area contributed by atoms with Gasteiger partial charge in [-0.3, -0.25) is 10.2 Å². The molecule has 5 nitrogen and oxygen atoms in total. The molecule has 1 aromatic rings. The van der Waals surface area contributed by atoms with E-state index < -0.39 is 5.78 Å². The maximum Gasteiger partial charge on any atom is 0.213 e. The van der Waals surface area contributed by atoms with Crippen LogP contribution in [0.2, 0.25) is 0 Å². The smallest absolute Gasteiger partial charge is 0.213 e. The lowest BCUT2D eigenvalue weighted by Crippen LogP contribution is -2.22. The number of anilines is 1. The number of rotatable bonds is 0. The molecular formula is C10H8BrN3O2. The van der Waals surface area contributed by atoms with Crippen molar-refractivity contribution in [2.45, 2.75) is 0 Å². The first-order chi connectivity index (χ1) is 7.43. The molecule has 82 valence electrons. The van der Waals surface area contributed by atoms with Crippen LogP contribution in [0.25, 0.3) is 5.70 Å². The Morgan fingerprint density at radius 3 is 2.56 bits per heavy atom. The number of nitrogen functional groups attached to an aromatic ring is 1. The number of fused-ring (bicyclic) bond motifs is 1. The minimum atomic E-state index is -0.537. The highest BCUT2D eigenvalue weighted by Gasteiger charge is 2.28. The molecule has 6 heteroatoms. The lowest BCUT2D eigenvalue weighted by Gasteiger charge is -2.18. The van der Waals surface area contributed by atoms with Crippen molar-refractivity contribution in [2.75, 3.05) is 5.73 Å². The molecule has 1 aliphatic rings. The minimum Gasteiger partial charge on any atom is -0.506 e. The van der Waals surface area contributed by atoms with Crippen molar-refractivity contribution in [1.29, 1.82) is 5.41 Å². The van der Waals surface area contributed by atoms with Crippen LogP contribution in [0.5, 0.6) is 5.75 Å². The number of hydrogen-bond donors (Lipinski definition) is 4. The Morgan fingerprint density at radius 2 is 1.94 bits per heavy atom. The number of ketones is 1. The summed E-state index contributed by atoms with van der Waals surface area (Å²) in [5.41, 5.74) is 11.7. The Labute approximate surface area is 99.4 Å². The molecule has 0 heterocycles. The Bertz CT molecular complexity index is 564. The van der Waals surface area contributed by atoms with Gasteiger partial charge in [-0.25, -0.2) is 0 Å². The molecule has 0 bridgehead atoms. The second kappa shape index (κ2) is 3.34. The van der Waals surface area contributed by atoms with Gasteiger partial charge in [0.15, 0.2) is 0 Å². The zero-order valence-corrected chi connectivity index (χ0v) is 9.63. The third-order valence-electron chi connectivity index (χ3n) is 2.34. The van der Waals surface area contributed by atoms with Crippen LogP contribution in [0, 0.1) is 5.41 Å². The molecule has 1 aromatic carbocycles. The lowest BCUT2D eigenvalue weighted by atomic mass is 9.90. The first-order valence-corrected chi connectivity index (χ1v) is 5.14. The minimum absolute atomic E-state index is 0.0886. The van der Waals surface area contributed by atoms with Gasteiger partial charge in [-0.15, -0.1) is 0 Å². The predicted octanol–water partition coefficient (Wildman–Crippen LogP) is 1.25. The molecule has 0 saturated heterocycles. The number of carbonyl (C=O) groups excluding carboxylic acids is 1. The van der Waals surface area contributed by atoms with E-state index in [9.17, 15) is 9.90 Å². The molecule has 0 saturated carbocycles. The number of nitrogens with one attached hydrogen (secondary N) is 1. The normalized spacial score (nSPS) is 14.7. The fourth-order valence-electron chi connectivity index (χ4n) is 1.61. The number of benzene rings is 1. The summed E-state index contributed by atoms with van der Waals surface area (Å²) in [4.78, 5) is 11.7. The van der Waals surface area contributed by atoms with Gasteiger partial charge in [0.25, 0.3) is 0 Å². The van der Waals surface area contributed by atoms with Crippen molar-refractivity contribution in [3.8, 4) is 5.75 Å². The van der Waals surface area contributed by atoms with Crippen molar-refractivity contribution in [3.05, 3.63) is 27.7 Å². The number of hydrogen-bond acceptors (Lipinski definition) is 5. The number of Topliss-reactive ketones (excluding diaryl/α,β-unsaturated/α-hetero) is 1. The summed E-state index contributed by atoms with van der Waals surface area (Å²) in [7, 11) is 0. The van der Waals surface area contributed by atoms with E-state index in [4.69, 9.17) is 16.9 Å². The summed E-state index contributed by atoms with van der Waals surface area (Å²) in [5, 5.41) is 17.2. The molecule has 2 rings (SSSR count). The van der Waals surface area contributed by atoms with E-state index in [0.717, 1.165) is 0 Å². The highest BCUT2D eigenvalue weighted by atomic mass is 79.9. The molecular weight excluding hydrogens is 274 g/mol. The van der Waals surface area contributed by atoms with Crippen molar-refractivity contribution in [3.63, 3.8) is 0 Å². The first-order valence-electron chi connectivity index (χ1n) is 4.35. The van der Waals surface area contributed by atoms with E-state index in [1.54, 1.807) is 0 Å². The number of phenols is 1. The van der Waals surface area contributed by atoms with Gasteiger partial charge >= 0.3 is 0 Å². The zero-order chi connectivity index (χ0) is 12.0. The molecule has 0 aromatic heterocycles. The van der Waals surface area contributed by atoms with Crippen LogP contribution in [0.1, 0.15) is 15.9 Å². The van der Waals surface area contributed by atoms with E-state index >= 15 is 0 Å². The number of carbonyl (C=O) groups is 1. The topological polar surface area (TPSA) is 113 Å². The SMILES string of the molecule is N=C1C=C(N)c2c(O)c(Br)cc(N)c2C1=O. The quantitative estimate of drug-likeness (QED) is 0.423. The average Bonchev–Trinajstić information content (AvgIpc) is 2.20. The predicted molar refractivity (Wildman–Crippen MR) is 64.4 cm³/mol. The summed E-state index contributed by atoms with van der Waals surface area (Å²) in [5.74, 6) is -0.677. The van der Waals surface area contributed by atoms with Crippen LogP contribution in [0.4, 0.5) is 5.69 Å². The second-order valence-corrected chi connectivity index (χ2v) is 4.24. The molecule has 0 atom stereocenters. The van der Waals surface area contributed by atoms with Gasteiger partial charge in [0.05, 0.1) is 15.6 Å². The molecule has 0 spiro atoms. The maximum absolute atomic E-state index is 11.7. The molecule has 0 unspecified atom stereocenters. The number of phenolic OH excluding ortho intramolecular Hbond substituents is 1. The van der Waals surface area contributed by atoms with Gasteiger partial charge < -0.3 is 16.6 Å².